The van der Waals surface area contributed by atoms with Crippen molar-refractivity contribution in [2.45, 2.75) is 6.61 Å². The first-order chi connectivity index (χ1) is 10.7. The van der Waals surface area contributed by atoms with Gasteiger partial charge in [-0.25, -0.2) is 0 Å². The average Bonchev–Trinajstić information content (AvgIpc) is 3.03. The third kappa shape index (κ3) is 3.20. The number of nitrogens with two attached hydrogens (primary N) is 1. The molecule has 1 heterocycles. The van der Waals surface area contributed by atoms with Crippen LogP contribution >= 0.6 is 0 Å². The smallest absolute Gasteiger partial charge is 0.130 e. The summed E-state index contributed by atoms with van der Waals surface area (Å²) in [5, 5.41) is 7.29. The number of ether oxygens (including phenoxy) is 2. The summed E-state index contributed by atoms with van der Waals surface area (Å²) in [6, 6.07) is 17.0. The zero-order valence-electron chi connectivity index (χ0n) is 12.2. The molecule has 0 fully saturated rings. The van der Waals surface area contributed by atoms with Crippen molar-refractivity contribution in [2.75, 3.05) is 12.8 Å². The van der Waals surface area contributed by atoms with Crippen molar-refractivity contribution in [1.82, 2.24) is 10.2 Å². The van der Waals surface area contributed by atoms with Gasteiger partial charge in [0.05, 0.1) is 18.5 Å². The molecule has 0 aliphatic rings. The Hall–Kier alpha value is -2.95. The first kappa shape index (κ1) is 14.0. The number of aromatic amines is 1. The van der Waals surface area contributed by atoms with Crippen LogP contribution in [0, 0.1) is 0 Å². The van der Waals surface area contributed by atoms with Crippen molar-refractivity contribution < 1.29 is 9.47 Å². The fourth-order valence-corrected chi connectivity index (χ4v) is 2.07. The van der Waals surface area contributed by atoms with Gasteiger partial charge in [-0.15, -0.1) is 0 Å². The molecule has 0 saturated carbocycles. The highest BCUT2D eigenvalue weighted by molar-refractivity contribution is 5.60. The van der Waals surface area contributed by atoms with Gasteiger partial charge in [0.2, 0.25) is 0 Å². The Balaban J connectivity index is 1.66. The van der Waals surface area contributed by atoms with Crippen LogP contribution in [-0.4, -0.2) is 17.3 Å². The van der Waals surface area contributed by atoms with Gasteiger partial charge in [-0.2, -0.15) is 5.10 Å². The Morgan fingerprint density at radius 3 is 2.36 bits per heavy atom. The maximum Gasteiger partial charge on any atom is 0.130 e. The van der Waals surface area contributed by atoms with E-state index in [4.69, 9.17) is 15.2 Å². The van der Waals surface area contributed by atoms with Gasteiger partial charge in [-0.3, -0.25) is 5.10 Å². The van der Waals surface area contributed by atoms with Crippen molar-refractivity contribution in [3.63, 3.8) is 0 Å². The Bertz CT molecular complexity index is 733. The van der Waals surface area contributed by atoms with Crippen molar-refractivity contribution >= 4 is 5.69 Å². The molecule has 3 aromatic rings. The van der Waals surface area contributed by atoms with Crippen LogP contribution in [0.4, 0.5) is 5.69 Å². The van der Waals surface area contributed by atoms with Crippen LogP contribution in [0.25, 0.3) is 11.3 Å². The van der Waals surface area contributed by atoms with Crippen LogP contribution in [0.2, 0.25) is 0 Å². The minimum absolute atomic E-state index is 0.424. The number of rotatable bonds is 5. The fraction of sp³-hybridized carbons (Fsp3) is 0.118. The summed E-state index contributed by atoms with van der Waals surface area (Å²) in [6.45, 7) is 0.424. The number of hydrogen-bond donors (Lipinski definition) is 2. The van der Waals surface area contributed by atoms with E-state index in [1.54, 1.807) is 7.11 Å². The van der Waals surface area contributed by atoms with Gasteiger partial charge >= 0.3 is 0 Å². The fourth-order valence-electron chi connectivity index (χ4n) is 2.07. The number of hydrogen-bond acceptors (Lipinski definition) is 4. The Kier molecular flexibility index (Phi) is 3.96. The molecule has 0 radical (unpaired) electrons. The summed E-state index contributed by atoms with van der Waals surface area (Å²) >= 11 is 0. The number of nitrogen functional groups attached to an aromatic ring is 1. The minimum Gasteiger partial charge on any atom is -0.497 e. The molecule has 0 unspecified atom stereocenters. The van der Waals surface area contributed by atoms with E-state index in [-0.39, 0.29) is 0 Å². The van der Waals surface area contributed by atoms with Crippen LogP contribution in [0.5, 0.6) is 11.5 Å². The van der Waals surface area contributed by atoms with Crippen molar-refractivity contribution in [1.29, 1.82) is 0 Å². The zero-order valence-corrected chi connectivity index (χ0v) is 12.2. The molecule has 5 nitrogen and oxygen atoms in total. The molecule has 2 aromatic carbocycles. The number of aromatic nitrogens is 2. The van der Waals surface area contributed by atoms with E-state index in [0.717, 1.165) is 34.1 Å². The van der Waals surface area contributed by atoms with Crippen LogP contribution in [0.15, 0.2) is 54.6 Å². The Morgan fingerprint density at radius 2 is 1.68 bits per heavy atom. The molecule has 22 heavy (non-hydrogen) atoms. The van der Waals surface area contributed by atoms with Crippen LogP contribution < -0.4 is 15.2 Å². The molecule has 5 heteroatoms. The van der Waals surface area contributed by atoms with Crippen LogP contribution in [0.1, 0.15) is 5.69 Å². The van der Waals surface area contributed by atoms with Crippen LogP contribution in [-0.2, 0) is 6.61 Å². The van der Waals surface area contributed by atoms with Gasteiger partial charge in [0, 0.05) is 11.3 Å². The molecule has 0 aliphatic carbocycles. The lowest BCUT2D eigenvalue weighted by molar-refractivity contribution is 0.301. The second-order valence-corrected chi connectivity index (χ2v) is 4.86. The van der Waals surface area contributed by atoms with Gasteiger partial charge in [-0.05, 0) is 54.6 Å². The van der Waals surface area contributed by atoms with Gasteiger partial charge in [0.25, 0.3) is 0 Å². The van der Waals surface area contributed by atoms with Crippen molar-refractivity contribution in [3.05, 3.63) is 60.3 Å². The van der Waals surface area contributed by atoms with E-state index in [9.17, 15) is 0 Å². The minimum atomic E-state index is 0.424. The number of nitrogens with one attached hydrogen (secondary N) is 1. The van der Waals surface area contributed by atoms with E-state index < -0.39 is 0 Å². The van der Waals surface area contributed by atoms with E-state index in [1.807, 2.05) is 54.6 Å². The van der Waals surface area contributed by atoms with E-state index in [2.05, 4.69) is 10.2 Å². The van der Waals surface area contributed by atoms with E-state index in [0.29, 0.717) is 6.61 Å². The molecule has 0 aliphatic heterocycles. The molecule has 3 N–H and O–H groups in total. The van der Waals surface area contributed by atoms with Gasteiger partial charge in [0.15, 0.2) is 0 Å². The summed E-state index contributed by atoms with van der Waals surface area (Å²) in [7, 11) is 1.65. The third-order valence-corrected chi connectivity index (χ3v) is 3.29. The van der Waals surface area contributed by atoms with Crippen LogP contribution in [0.3, 0.4) is 0 Å². The maximum atomic E-state index is 5.69. The zero-order chi connectivity index (χ0) is 15.4. The maximum absolute atomic E-state index is 5.69. The molecule has 0 spiro atoms. The Morgan fingerprint density at radius 1 is 1.00 bits per heavy atom. The summed E-state index contributed by atoms with van der Waals surface area (Å²) in [6.07, 6.45) is 0. The van der Waals surface area contributed by atoms with Gasteiger partial charge < -0.3 is 15.2 Å². The highest BCUT2D eigenvalue weighted by Gasteiger charge is 2.05. The second-order valence-electron chi connectivity index (χ2n) is 4.86. The average molecular weight is 295 g/mol. The first-order valence-corrected chi connectivity index (χ1v) is 6.91. The molecule has 3 rings (SSSR count). The van der Waals surface area contributed by atoms with E-state index >= 15 is 0 Å². The molecular formula is C17H17N3O2. The summed E-state index contributed by atoms with van der Waals surface area (Å²) in [5.74, 6) is 1.60. The lowest BCUT2D eigenvalue weighted by Crippen LogP contribution is -1.95. The molecule has 0 amide bonds. The number of methoxy groups -OCH3 is 1. The predicted molar refractivity (Wildman–Crippen MR) is 85.8 cm³/mol. The molecule has 0 saturated heterocycles. The summed E-state index contributed by atoms with van der Waals surface area (Å²) in [5.41, 5.74) is 9.16. The first-order valence-electron chi connectivity index (χ1n) is 6.91. The standard InChI is InChI=1S/C17H17N3O2/c1-21-15-6-2-12(3-7-15)17-10-14(19-20-17)11-22-16-8-4-13(18)5-9-16/h2-10H,11,18H2,1H3,(H,19,20). The molecule has 1 aromatic heterocycles. The number of H-pyrrole nitrogens is 1. The second kappa shape index (κ2) is 6.22. The monoisotopic (exact) mass is 295 g/mol. The normalized spacial score (nSPS) is 10.4. The summed E-state index contributed by atoms with van der Waals surface area (Å²) in [4.78, 5) is 0. The lowest BCUT2D eigenvalue weighted by atomic mass is 10.1. The Labute approximate surface area is 128 Å². The van der Waals surface area contributed by atoms with Gasteiger partial charge in [-0.1, -0.05) is 0 Å². The molecular weight excluding hydrogens is 278 g/mol. The SMILES string of the molecule is COc1ccc(-c2cc(COc3ccc(N)cc3)[nH]n2)cc1. The quantitative estimate of drug-likeness (QED) is 0.709. The lowest BCUT2D eigenvalue weighted by Gasteiger charge is -2.04. The number of benzene rings is 2. The van der Waals surface area contributed by atoms with Gasteiger partial charge in [0.1, 0.15) is 18.1 Å². The number of anilines is 1. The molecule has 0 atom stereocenters. The number of nitrogens with zero attached hydrogens (tertiary/aromatic N) is 1. The van der Waals surface area contributed by atoms with Crippen molar-refractivity contribution in [2.24, 2.45) is 0 Å². The topological polar surface area (TPSA) is 73.2 Å². The third-order valence-electron chi connectivity index (χ3n) is 3.29. The predicted octanol–water partition coefficient (Wildman–Crippen LogP) is 3.25. The summed E-state index contributed by atoms with van der Waals surface area (Å²) < 4.78 is 10.8. The van der Waals surface area contributed by atoms with E-state index in [1.165, 1.54) is 0 Å². The molecule has 0 bridgehead atoms. The highest BCUT2D eigenvalue weighted by Crippen LogP contribution is 2.22. The van der Waals surface area contributed by atoms with Crippen molar-refractivity contribution in [3.8, 4) is 22.8 Å². The molecule has 112 valence electrons. The highest BCUT2D eigenvalue weighted by atomic mass is 16.5. The largest absolute Gasteiger partial charge is 0.497 e.